The van der Waals surface area contributed by atoms with Crippen molar-refractivity contribution in [1.82, 2.24) is 5.32 Å². The summed E-state index contributed by atoms with van der Waals surface area (Å²) in [5, 5.41) is 12.5. The highest BCUT2D eigenvalue weighted by atomic mass is 16.5. The third-order valence-corrected chi connectivity index (χ3v) is 2.00. The third kappa shape index (κ3) is 2.12. The number of rotatable bonds is 3. The fourth-order valence-corrected chi connectivity index (χ4v) is 1.26. The number of aromatic hydroxyl groups is 1. The van der Waals surface area contributed by atoms with Crippen LogP contribution in [0.15, 0.2) is 12.1 Å². The van der Waals surface area contributed by atoms with E-state index in [0.717, 1.165) is 17.7 Å². The molecule has 0 heterocycles. The van der Waals surface area contributed by atoms with Crippen LogP contribution in [0, 0.1) is 6.92 Å². The van der Waals surface area contributed by atoms with Crippen molar-refractivity contribution in [2.45, 2.75) is 13.5 Å². The molecule has 2 N–H and O–H groups in total. The Bertz CT molecular complexity index is 297. The van der Waals surface area contributed by atoms with Crippen LogP contribution in [0.4, 0.5) is 0 Å². The smallest absolute Gasteiger partial charge is 0.160 e. The molecule has 0 aliphatic rings. The number of methoxy groups -OCH3 is 1. The van der Waals surface area contributed by atoms with E-state index in [4.69, 9.17) is 4.74 Å². The van der Waals surface area contributed by atoms with E-state index in [1.165, 1.54) is 0 Å². The van der Waals surface area contributed by atoms with Crippen molar-refractivity contribution in [2.24, 2.45) is 0 Å². The molecule has 1 aromatic rings. The molecule has 0 aromatic heterocycles. The van der Waals surface area contributed by atoms with E-state index in [0.29, 0.717) is 5.75 Å². The maximum absolute atomic E-state index is 9.49. The topological polar surface area (TPSA) is 41.5 Å². The summed E-state index contributed by atoms with van der Waals surface area (Å²) >= 11 is 0. The summed E-state index contributed by atoms with van der Waals surface area (Å²) in [6.45, 7) is 2.75. The van der Waals surface area contributed by atoms with Gasteiger partial charge in [-0.3, -0.25) is 0 Å². The summed E-state index contributed by atoms with van der Waals surface area (Å²) in [4.78, 5) is 0. The first-order valence-corrected chi connectivity index (χ1v) is 4.20. The van der Waals surface area contributed by atoms with Gasteiger partial charge in [-0.1, -0.05) is 0 Å². The highest BCUT2D eigenvalue weighted by Crippen LogP contribution is 2.28. The number of hydrogen-bond donors (Lipinski definition) is 2. The van der Waals surface area contributed by atoms with Gasteiger partial charge in [-0.25, -0.2) is 0 Å². The average Bonchev–Trinajstić information content (AvgIpc) is 2.11. The second-order valence-corrected chi connectivity index (χ2v) is 2.98. The molecule has 0 saturated carbocycles. The molecule has 72 valence electrons. The minimum atomic E-state index is 0.193. The van der Waals surface area contributed by atoms with Crippen molar-refractivity contribution in [3.05, 3.63) is 23.3 Å². The van der Waals surface area contributed by atoms with Gasteiger partial charge in [-0.15, -0.1) is 0 Å². The Hall–Kier alpha value is -1.22. The van der Waals surface area contributed by atoms with E-state index >= 15 is 0 Å². The van der Waals surface area contributed by atoms with Crippen LogP contribution >= 0.6 is 0 Å². The van der Waals surface area contributed by atoms with Crippen molar-refractivity contribution >= 4 is 0 Å². The molecule has 1 aromatic carbocycles. The molecule has 0 atom stereocenters. The van der Waals surface area contributed by atoms with Gasteiger partial charge in [-0.05, 0) is 37.2 Å². The van der Waals surface area contributed by atoms with Crippen molar-refractivity contribution in [2.75, 3.05) is 14.2 Å². The molecular formula is C10H15NO2. The Kier molecular flexibility index (Phi) is 3.14. The number of aryl methyl sites for hydroxylation is 1. The minimum absolute atomic E-state index is 0.193. The number of ether oxygens (including phenoxy) is 1. The lowest BCUT2D eigenvalue weighted by atomic mass is 10.1. The molecule has 0 unspecified atom stereocenters. The number of hydrogen-bond acceptors (Lipinski definition) is 3. The van der Waals surface area contributed by atoms with Crippen LogP contribution in [-0.4, -0.2) is 19.3 Å². The van der Waals surface area contributed by atoms with E-state index in [-0.39, 0.29) is 5.75 Å². The highest BCUT2D eigenvalue weighted by Gasteiger charge is 2.05. The molecule has 3 heteroatoms. The lowest BCUT2D eigenvalue weighted by Crippen LogP contribution is -2.06. The van der Waals surface area contributed by atoms with Crippen LogP contribution < -0.4 is 10.1 Å². The second kappa shape index (κ2) is 4.14. The van der Waals surface area contributed by atoms with Gasteiger partial charge >= 0.3 is 0 Å². The lowest BCUT2D eigenvalue weighted by molar-refractivity contribution is 0.372. The zero-order chi connectivity index (χ0) is 9.84. The van der Waals surface area contributed by atoms with Crippen LogP contribution in [-0.2, 0) is 6.54 Å². The van der Waals surface area contributed by atoms with Gasteiger partial charge in [0.15, 0.2) is 11.5 Å². The quantitative estimate of drug-likeness (QED) is 0.741. The number of benzene rings is 1. The normalized spacial score (nSPS) is 10.1. The Morgan fingerprint density at radius 3 is 2.69 bits per heavy atom. The first kappa shape index (κ1) is 9.86. The van der Waals surface area contributed by atoms with Crippen LogP contribution in [0.1, 0.15) is 11.1 Å². The number of nitrogens with one attached hydrogen (secondary N) is 1. The molecule has 0 aliphatic heterocycles. The van der Waals surface area contributed by atoms with Crippen LogP contribution in [0.5, 0.6) is 11.5 Å². The second-order valence-electron chi connectivity index (χ2n) is 2.98. The standard InChI is InChI=1S/C10H15NO2/c1-7-4-10(13-3)9(12)5-8(7)6-11-2/h4-5,11-12H,6H2,1-3H3. The van der Waals surface area contributed by atoms with E-state index in [2.05, 4.69) is 5.32 Å². The predicted octanol–water partition coefficient (Wildman–Crippen LogP) is 1.43. The van der Waals surface area contributed by atoms with Gasteiger partial charge in [0.25, 0.3) is 0 Å². The molecule has 0 bridgehead atoms. The SMILES string of the molecule is CNCc1cc(O)c(OC)cc1C. The van der Waals surface area contributed by atoms with E-state index < -0.39 is 0 Å². The van der Waals surface area contributed by atoms with Crippen molar-refractivity contribution < 1.29 is 9.84 Å². The molecule has 0 fully saturated rings. The fraction of sp³-hybridized carbons (Fsp3) is 0.400. The summed E-state index contributed by atoms with van der Waals surface area (Å²) in [5.74, 6) is 0.718. The van der Waals surface area contributed by atoms with Gasteiger partial charge < -0.3 is 15.2 Å². The lowest BCUT2D eigenvalue weighted by Gasteiger charge is -2.09. The first-order chi connectivity index (χ1) is 6.19. The molecule has 3 nitrogen and oxygen atoms in total. The predicted molar refractivity (Wildman–Crippen MR) is 52.2 cm³/mol. The monoisotopic (exact) mass is 181 g/mol. The van der Waals surface area contributed by atoms with Crippen molar-refractivity contribution in [3.8, 4) is 11.5 Å². The zero-order valence-corrected chi connectivity index (χ0v) is 8.22. The fourth-order valence-electron chi connectivity index (χ4n) is 1.26. The third-order valence-electron chi connectivity index (χ3n) is 2.00. The summed E-state index contributed by atoms with van der Waals surface area (Å²) in [6.07, 6.45) is 0. The molecule has 0 saturated heterocycles. The van der Waals surface area contributed by atoms with Gasteiger partial charge in [0.2, 0.25) is 0 Å². The number of phenols is 1. The average molecular weight is 181 g/mol. The van der Waals surface area contributed by atoms with E-state index in [1.54, 1.807) is 13.2 Å². The molecule has 0 amide bonds. The van der Waals surface area contributed by atoms with Crippen LogP contribution in [0.3, 0.4) is 0 Å². The van der Waals surface area contributed by atoms with Gasteiger partial charge in [0.1, 0.15) is 0 Å². The van der Waals surface area contributed by atoms with E-state index in [1.807, 2.05) is 20.0 Å². The Balaban J connectivity index is 3.05. The van der Waals surface area contributed by atoms with Crippen LogP contribution in [0.25, 0.3) is 0 Å². The van der Waals surface area contributed by atoms with E-state index in [9.17, 15) is 5.11 Å². The molecule has 0 spiro atoms. The van der Waals surface area contributed by atoms with Gasteiger partial charge in [0.05, 0.1) is 7.11 Å². The van der Waals surface area contributed by atoms with Crippen molar-refractivity contribution in [3.63, 3.8) is 0 Å². The highest BCUT2D eigenvalue weighted by molar-refractivity contribution is 5.45. The first-order valence-electron chi connectivity index (χ1n) is 4.20. The zero-order valence-electron chi connectivity index (χ0n) is 8.22. The largest absolute Gasteiger partial charge is 0.504 e. The Morgan fingerprint density at radius 1 is 1.46 bits per heavy atom. The Labute approximate surface area is 78.3 Å². The summed E-state index contributed by atoms with van der Waals surface area (Å²) < 4.78 is 4.99. The maximum Gasteiger partial charge on any atom is 0.160 e. The number of phenolic OH excluding ortho intramolecular Hbond substituents is 1. The minimum Gasteiger partial charge on any atom is -0.504 e. The van der Waals surface area contributed by atoms with Crippen molar-refractivity contribution in [1.29, 1.82) is 0 Å². The maximum atomic E-state index is 9.49. The molecule has 0 aliphatic carbocycles. The molecule has 13 heavy (non-hydrogen) atoms. The summed E-state index contributed by atoms with van der Waals surface area (Å²) in [7, 11) is 3.42. The van der Waals surface area contributed by atoms with Crippen LogP contribution in [0.2, 0.25) is 0 Å². The molecule has 1 rings (SSSR count). The Morgan fingerprint density at radius 2 is 2.15 bits per heavy atom. The van der Waals surface area contributed by atoms with Gasteiger partial charge in [-0.2, -0.15) is 0 Å². The molecule has 0 radical (unpaired) electrons. The summed E-state index contributed by atoms with van der Waals surface area (Å²) in [6, 6.07) is 3.56. The van der Waals surface area contributed by atoms with Gasteiger partial charge in [0, 0.05) is 6.54 Å². The summed E-state index contributed by atoms with van der Waals surface area (Å²) in [5.41, 5.74) is 2.20. The molecular weight excluding hydrogens is 166 g/mol.